The number of piperidine rings is 1. The van der Waals surface area contributed by atoms with E-state index in [0.717, 1.165) is 25.1 Å². The van der Waals surface area contributed by atoms with Crippen LogP contribution in [-0.4, -0.2) is 83.2 Å². The van der Waals surface area contributed by atoms with Crippen molar-refractivity contribution in [1.29, 1.82) is 0 Å². The van der Waals surface area contributed by atoms with E-state index in [9.17, 15) is 9.59 Å². The largest absolute Gasteiger partial charge is 0.375 e. The van der Waals surface area contributed by atoms with Gasteiger partial charge in [-0.2, -0.15) is 0 Å². The molecule has 0 radical (unpaired) electrons. The van der Waals surface area contributed by atoms with Crippen molar-refractivity contribution in [3.8, 4) is 0 Å². The SMILES string of the molecule is COCC(=O)N1CCCC2(C1)Cn1nnc(CNC(=O)N(C)C)c1CO2. The Hall–Kier alpha value is -2.20. The molecule has 1 spiro atoms. The second-order valence-corrected chi connectivity index (χ2v) is 7.02. The van der Waals surface area contributed by atoms with E-state index >= 15 is 0 Å². The van der Waals surface area contributed by atoms with Crippen LogP contribution in [0.5, 0.6) is 0 Å². The van der Waals surface area contributed by atoms with E-state index in [0.29, 0.717) is 31.9 Å². The van der Waals surface area contributed by atoms with Crippen LogP contribution in [0.3, 0.4) is 0 Å². The molecule has 1 aromatic rings. The molecular formula is C16H26N6O4. The van der Waals surface area contributed by atoms with E-state index in [1.165, 1.54) is 12.0 Å². The zero-order chi connectivity index (χ0) is 18.7. The van der Waals surface area contributed by atoms with Crippen LogP contribution < -0.4 is 5.32 Å². The highest BCUT2D eigenvalue weighted by Crippen LogP contribution is 2.32. The van der Waals surface area contributed by atoms with Gasteiger partial charge >= 0.3 is 6.03 Å². The number of hydrogen-bond donors (Lipinski definition) is 1. The molecule has 0 bridgehead atoms. The lowest BCUT2D eigenvalue weighted by Crippen LogP contribution is -2.56. The fourth-order valence-corrected chi connectivity index (χ4v) is 3.42. The van der Waals surface area contributed by atoms with Crippen molar-refractivity contribution < 1.29 is 19.1 Å². The Labute approximate surface area is 152 Å². The molecule has 1 N–H and O–H groups in total. The third-order valence-corrected chi connectivity index (χ3v) is 4.84. The molecule has 3 amide bonds. The van der Waals surface area contributed by atoms with Crippen LogP contribution in [0, 0.1) is 0 Å². The highest BCUT2D eigenvalue weighted by Gasteiger charge is 2.42. The quantitative estimate of drug-likeness (QED) is 0.777. The number of carbonyl (C=O) groups excluding carboxylic acids is 2. The van der Waals surface area contributed by atoms with Crippen LogP contribution >= 0.6 is 0 Å². The number of nitrogens with one attached hydrogen (secondary N) is 1. The van der Waals surface area contributed by atoms with Crippen LogP contribution in [-0.2, 0) is 34.0 Å². The molecule has 2 aliphatic rings. The number of ether oxygens (including phenoxy) is 2. The summed E-state index contributed by atoms with van der Waals surface area (Å²) in [7, 11) is 4.89. The van der Waals surface area contributed by atoms with E-state index in [1.54, 1.807) is 19.0 Å². The Morgan fingerprint density at radius 1 is 1.38 bits per heavy atom. The van der Waals surface area contributed by atoms with Gasteiger partial charge in [-0.3, -0.25) is 4.79 Å². The van der Waals surface area contributed by atoms with Gasteiger partial charge in [-0.25, -0.2) is 9.48 Å². The fourth-order valence-electron chi connectivity index (χ4n) is 3.42. The standard InChI is InChI=1S/C16H26N6O4/c1-20(2)15(24)17-7-12-13-8-26-16(11-22(13)19-18-12)5-4-6-21(10-16)14(23)9-25-3/h4-11H2,1-3H3,(H,17,24). The molecule has 3 rings (SSSR count). The van der Waals surface area contributed by atoms with E-state index in [1.807, 2.05) is 4.68 Å². The molecule has 0 aliphatic carbocycles. The maximum Gasteiger partial charge on any atom is 0.317 e. The van der Waals surface area contributed by atoms with Crippen LogP contribution in [0.1, 0.15) is 24.2 Å². The first-order valence-corrected chi connectivity index (χ1v) is 8.71. The van der Waals surface area contributed by atoms with Crippen molar-refractivity contribution in [3.05, 3.63) is 11.4 Å². The van der Waals surface area contributed by atoms with Crippen molar-refractivity contribution >= 4 is 11.9 Å². The van der Waals surface area contributed by atoms with Crippen LogP contribution in [0.4, 0.5) is 4.79 Å². The number of fused-ring (bicyclic) bond motifs is 1. The van der Waals surface area contributed by atoms with E-state index in [4.69, 9.17) is 9.47 Å². The number of likely N-dealkylation sites (tertiary alicyclic amines) is 1. The summed E-state index contributed by atoms with van der Waals surface area (Å²) in [5.74, 6) is -0.0216. The molecule has 10 heteroatoms. The third-order valence-electron chi connectivity index (χ3n) is 4.84. The summed E-state index contributed by atoms with van der Waals surface area (Å²) < 4.78 is 13.0. The van der Waals surface area contributed by atoms with E-state index in [2.05, 4.69) is 15.6 Å². The molecule has 1 saturated heterocycles. The molecule has 144 valence electrons. The number of amides is 3. The molecule has 0 aromatic carbocycles. The Bertz CT molecular complexity index is 676. The van der Waals surface area contributed by atoms with Crippen molar-refractivity contribution in [2.45, 2.75) is 38.1 Å². The second kappa shape index (κ2) is 7.58. The molecule has 1 fully saturated rings. The maximum absolute atomic E-state index is 12.1. The monoisotopic (exact) mass is 366 g/mol. The van der Waals surface area contributed by atoms with Gasteiger partial charge in [0.15, 0.2) is 0 Å². The summed E-state index contributed by atoms with van der Waals surface area (Å²) in [5, 5.41) is 11.2. The van der Waals surface area contributed by atoms with E-state index in [-0.39, 0.29) is 18.5 Å². The van der Waals surface area contributed by atoms with Gasteiger partial charge in [0.05, 0.1) is 31.9 Å². The number of rotatable bonds is 4. The summed E-state index contributed by atoms with van der Waals surface area (Å²) in [6.07, 6.45) is 1.75. The van der Waals surface area contributed by atoms with Crippen LogP contribution in [0.15, 0.2) is 0 Å². The Kier molecular flexibility index (Phi) is 5.42. The van der Waals surface area contributed by atoms with Gasteiger partial charge in [0, 0.05) is 27.7 Å². The minimum Gasteiger partial charge on any atom is -0.375 e. The van der Waals surface area contributed by atoms with Crippen LogP contribution in [0.25, 0.3) is 0 Å². The maximum atomic E-state index is 12.1. The second-order valence-electron chi connectivity index (χ2n) is 7.02. The summed E-state index contributed by atoms with van der Waals surface area (Å²) in [6, 6.07) is -0.181. The molecule has 10 nitrogen and oxygen atoms in total. The number of methoxy groups -OCH3 is 1. The van der Waals surface area contributed by atoms with Gasteiger partial charge in [-0.15, -0.1) is 5.10 Å². The molecule has 26 heavy (non-hydrogen) atoms. The number of nitrogens with zero attached hydrogens (tertiary/aromatic N) is 5. The average molecular weight is 366 g/mol. The first-order valence-electron chi connectivity index (χ1n) is 8.71. The Balaban J connectivity index is 1.66. The van der Waals surface area contributed by atoms with Gasteiger partial charge in [0.2, 0.25) is 5.91 Å². The normalized spacial score (nSPS) is 22.2. The lowest BCUT2D eigenvalue weighted by molar-refractivity contribution is -0.155. The molecule has 1 atom stereocenters. The third kappa shape index (κ3) is 3.80. The number of hydrogen-bond acceptors (Lipinski definition) is 6. The highest BCUT2D eigenvalue weighted by molar-refractivity contribution is 5.77. The molecule has 1 unspecified atom stereocenters. The first-order chi connectivity index (χ1) is 12.4. The molecule has 1 aromatic heterocycles. The lowest BCUT2D eigenvalue weighted by Gasteiger charge is -2.44. The highest BCUT2D eigenvalue weighted by atomic mass is 16.5. The molecular weight excluding hydrogens is 340 g/mol. The minimum atomic E-state index is -0.438. The number of urea groups is 1. The van der Waals surface area contributed by atoms with Gasteiger partial charge < -0.3 is 24.6 Å². The minimum absolute atomic E-state index is 0.0216. The number of carbonyl (C=O) groups is 2. The van der Waals surface area contributed by atoms with Gasteiger partial charge in [-0.1, -0.05) is 5.21 Å². The summed E-state index contributed by atoms with van der Waals surface area (Å²) in [4.78, 5) is 27.1. The predicted octanol–water partition coefficient (Wildman–Crippen LogP) is -0.413. The van der Waals surface area contributed by atoms with Gasteiger partial charge in [-0.05, 0) is 12.8 Å². The molecule has 2 aliphatic heterocycles. The molecule has 0 saturated carbocycles. The average Bonchev–Trinajstić information content (AvgIpc) is 3.01. The smallest absolute Gasteiger partial charge is 0.317 e. The first kappa shape index (κ1) is 18.6. The van der Waals surface area contributed by atoms with Crippen molar-refractivity contribution in [2.24, 2.45) is 0 Å². The van der Waals surface area contributed by atoms with Gasteiger partial charge in [0.1, 0.15) is 17.9 Å². The zero-order valence-corrected chi connectivity index (χ0v) is 15.5. The Morgan fingerprint density at radius 2 is 2.19 bits per heavy atom. The van der Waals surface area contributed by atoms with Crippen LogP contribution in [0.2, 0.25) is 0 Å². The van der Waals surface area contributed by atoms with E-state index < -0.39 is 5.60 Å². The fraction of sp³-hybridized carbons (Fsp3) is 0.750. The lowest BCUT2D eigenvalue weighted by atomic mass is 9.91. The summed E-state index contributed by atoms with van der Waals surface area (Å²) >= 11 is 0. The van der Waals surface area contributed by atoms with Gasteiger partial charge in [0.25, 0.3) is 0 Å². The zero-order valence-electron chi connectivity index (χ0n) is 15.5. The summed E-state index contributed by atoms with van der Waals surface area (Å²) in [5.41, 5.74) is 1.14. The molecule has 3 heterocycles. The summed E-state index contributed by atoms with van der Waals surface area (Å²) in [6.45, 7) is 2.56. The predicted molar refractivity (Wildman–Crippen MR) is 91.2 cm³/mol. The number of aromatic nitrogens is 3. The van der Waals surface area contributed by atoms with Crippen molar-refractivity contribution in [2.75, 3.05) is 40.9 Å². The van der Waals surface area contributed by atoms with Crippen molar-refractivity contribution in [1.82, 2.24) is 30.1 Å². The van der Waals surface area contributed by atoms with Crippen molar-refractivity contribution in [3.63, 3.8) is 0 Å². The topological polar surface area (TPSA) is 102 Å². The Morgan fingerprint density at radius 3 is 2.92 bits per heavy atom.